The van der Waals surface area contributed by atoms with Crippen LogP contribution >= 0.6 is 24.0 Å². The smallest absolute Gasteiger partial charge is 0.416 e. The quantitative estimate of drug-likeness (QED) is 0.327. The number of guanidine groups is 1. The number of ether oxygens (including phenoxy) is 1. The molecule has 0 radical (unpaired) electrons. The Morgan fingerprint density at radius 2 is 1.90 bits per heavy atom. The van der Waals surface area contributed by atoms with E-state index < -0.39 is 11.7 Å². The predicted octanol–water partition coefficient (Wildman–Crippen LogP) is 3.67. The SMILES string of the molecule is CN=C(NCc1ccc(OC)nc1)NC1CCN(Cc2ccc(C(F)(F)F)cc2)C1.I. The fraction of sp³-hybridized carbons (Fsp3) is 0.429. The number of alkyl halides is 3. The zero-order chi connectivity index (χ0) is 21.6. The minimum Gasteiger partial charge on any atom is -0.481 e. The average molecular weight is 549 g/mol. The maximum atomic E-state index is 12.7. The number of methoxy groups -OCH3 is 1. The summed E-state index contributed by atoms with van der Waals surface area (Å²) in [4.78, 5) is 10.7. The van der Waals surface area contributed by atoms with Crippen molar-refractivity contribution in [2.75, 3.05) is 27.2 Å². The second kappa shape index (κ2) is 11.5. The number of pyridine rings is 1. The summed E-state index contributed by atoms with van der Waals surface area (Å²) in [6, 6.07) is 9.35. The van der Waals surface area contributed by atoms with Crippen molar-refractivity contribution in [3.63, 3.8) is 0 Å². The molecule has 2 heterocycles. The third-order valence-corrected chi connectivity index (χ3v) is 4.99. The molecule has 2 aromatic rings. The van der Waals surface area contributed by atoms with Gasteiger partial charge in [0, 0.05) is 51.5 Å². The lowest BCUT2D eigenvalue weighted by atomic mass is 10.1. The molecule has 170 valence electrons. The Labute approximate surface area is 197 Å². The van der Waals surface area contributed by atoms with E-state index >= 15 is 0 Å². The van der Waals surface area contributed by atoms with Crippen LogP contribution in [0, 0.1) is 0 Å². The molecular weight excluding hydrogens is 522 g/mol. The normalized spacial score (nSPS) is 17.2. The topological polar surface area (TPSA) is 61.8 Å². The molecule has 0 saturated carbocycles. The van der Waals surface area contributed by atoms with Gasteiger partial charge in [-0.15, -0.1) is 24.0 Å². The van der Waals surface area contributed by atoms with E-state index in [-0.39, 0.29) is 30.0 Å². The second-order valence-corrected chi connectivity index (χ2v) is 7.19. The molecule has 2 N–H and O–H groups in total. The van der Waals surface area contributed by atoms with Gasteiger partial charge in [0.25, 0.3) is 0 Å². The molecule has 3 rings (SSSR count). The van der Waals surface area contributed by atoms with E-state index in [4.69, 9.17) is 4.74 Å². The minimum atomic E-state index is -4.30. The summed E-state index contributed by atoms with van der Waals surface area (Å²) in [6.07, 6.45) is -1.61. The van der Waals surface area contributed by atoms with E-state index in [9.17, 15) is 13.2 Å². The van der Waals surface area contributed by atoms with Crippen LogP contribution in [0.15, 0.2) is 47.6 Å². The summed E-state index contributed by atoms with van der Waals surface area (Å²) in [6.45, 7) is 2.88. The Bertz CT molecular complexity index is 844. The van der Waals surface area contributed by atoms with Crippen LogP contribution < -0.4 is 15.4 Å². The number of aromatic nitrogens is 1. The summed E-state index contributed by atoms with van der Waals surface area (Å²) < 4.78 is 43.1. The maximum absolute atomic E-state index is 12.7. The number of hydrogen-bond donors (Lipinski definition) is 2. The second-order valence-electron chi connectivity index (χ2n) is 7.19. The lowest BCUT2D eigenvalue weighted by molar-refractivity contribution is -0.137. The van der Waals surface area contributed by atoms with E-state index in [1.54, 1.807) is 32.5 Å². The molecule has 1 fully saturated rings. The van der Waals surface area contributed by atoms with Gasteiger partial charge in [-0.3, -0.25) is 9.89 Å². The van der Waals surface area contributed by atoms with Gasteiger partial charge in [0.1, 0.15) is 0 Å². The standard InChI is InChI=1S/C21H26F3N5O.HI/c1-25-20(27-12-16-5-8-19(30-2)26-11-16)28-18-9-10-29(14-18)13-15-3-6-17(7-4-15)21(22,23)24;/h3-8,11,18H,9-10,12-14H2,1-2H3,(H2,25,27,28);1H. The van der Waals surface area contributed by atoms with Crippen molar-refractivity contribution in [1.29, 1.82) is 0 Å². The zero-order valence-electron chi connectivity index (χ0n) is 17.4. The Morgan fingerprint density at radius 1 is 1.19 bits per heavy atom. The summed E-state index contributed by atoms with van der Waals surface area (Å²) in [5, 5.41) is 6.67. The molecule has 0 spiro atoms. The van der Waals surface area contributed by atoms with Crippen LogP contribution in [0.1, 0.15) is 23.1 Å². The average Bonchev–Trinajstić information content (AvgIpc) is 3.18. The van der Waals surface area contributed by atoms with Crippen LogP contribution in [0.2, 0.25) is 0 Å². The highest BCUT2D eigenvalue weighted by Gasteiger charge is 2.30. The Balaban J connectivity index is 0.00000341. The van der Waals surface area contributed by atoms with Gasteiger partial charge in [-0.25, -0.2) is 4.98 Å². The third-order valence-electron chi connectivity index (χ3n) is 4.99. The maximum Gasteiger partial charge on any atom is 0.416 e. The van der Waals surface area contributed by atoms with Gasteiger partial charge in [0.15, 0.2) is 5.96 Å². The van der Waals surface area contributed by atoms with Gasteiger partial charge in [0.2, 0.25) is 5.88 Å². The van der Waals surface area contributed by atoms with E-state index in [1.165, 1.54) is 0 Å². The van der Waals surface area contributed by atoms with Crippen LogP contribution in [0.4, 0.5) is 13.2 Å². The molecule has 1 aliphatic rings. The third kappa shape index (κ3) is 7.53. The first-order valence-corrected chi connectivity index (χ1v) is 9.72. The lowest BCUT2D eigenvalue weighted by Gasteiger charge is -2.19. The zero-order valence-corrected chi connectivity index (χ0v) is 19.8. The molecule has 0 amide bonds. The lowest BCUT2D eigenvalue weighted by Crippen LogP contribution is -2.44. The van der Waals surface area contributed by atoms with Crippen molar-refractivity contribution in [2.24, 2.45) is 4.99 Å². The van der Waals surface area contributed by atoms with Gasteiger partial charge in [-0.2, -0.15) is 13.2 Å². The first kappa shape index (κ1) is 25.2. The molecule has 1 aromatic carbocycles. The highest BCUT2D eigenvalue weighted by atomic mass is 127. The predicted molar refractivity (Wildman–Crippen MR) is 125 cm³/mol. The first-order chi connectivity index (χ1) is 14.4. The first-order valence-electron chi connectivity index (χ1n) is 9.72. The highest BCUT2D eigenvalue weighted by molar-refractivity contribution is 14.0. The molecule has 1 aromatic heterocycles. The fourth-order valence-corrected chi connectivity index (χ4v) is 3.36. The number of nitrogens with one attached hydrogen (secondary N) is 2. The van der Waals surface area contributed by atoms with E-state index in [1.807, 2.05) is 12.1 Å². The van der Waals surface area contributed by atoms with Gasteiger partial charge < -0.3 is 15.4 Å². The van der Waals surface area contributed by atoms with Crippen LogP contribution in [-0.2, 0) is 19.3 Å². The number of hydrogen-bond acceptors (Lipinski definition) is 4. The van der Waals surface area contributed by atoms with Crippen molar-refractivity contribution in [1.82, 2.24) is 20.5 Å². The van der Waals surface area contributed by atoms with Crippen LogP contribution in [0.3, 0.4) is 0 Å². The largest absolute Gasteiger partial charge is 0.481 e. The Kier molecular flexibility index (Phi) is 9.35. The van der Waals surface area contributed by atoms with Crippen LogP contribution in [0.25, 0.3) is 0 Å². The summed E-state index contributed by atoms with van der Waals surface area (Å²) in [5.41, 5.74) is 1.27. The van der Waals surface area contributed by atoms with Gasteiger partial charge >= 0.3 is 6.18 Å². The van der Waals surface area contributed by atoms with Crippen molar-refractivity contribution in [2.45, 2.75) is 31.7 Å². The summed E-state index contributed by atoms with van der Waals surface area (Å²) in [5.74, 6) is 1.27. The molecular formula is C21H27F3IN5O. The Hall–Kier alpha value is -2.08. The van der Waals surface area contributed by atoms with Crippen LogP contribution in [-0.4, -0.2) is 49.1 Å². The molecule has 0 aliphatic carbocycles. The monoisotopic (exact) mass is 549 g/mol. The molecule has 6 nitrogen and oxygen atoms in total. The van der Waals surface area contributed by atoms with Gasteiger partial charge in [-0.05, 0) is 29.7 Å². The number of halogens is 4. The number of rotatable bonds is 6. The van der Waals surface area contributed by atoms with E-state index in [2.05, 4.69) is 25.5 Å². The van der Waals surface area contributed by atoms with Gasteiger partial charge in [0.05, 0.1) is 12.7 Å². The fourth-order valence-electron chi connectivity index (χ4n) is 3.36. The minimum absolute atomic E-state index is 0. The van der Waals surface area contributed by atoms with Gasteiger partial charge in [-0.1, -0.05) is 18.2 Å². The van der Waals surface area contributed by atoms with Crippen molar-refractivity contribution >= 4 is 29.9 Å². The van der Waals surface area contributed by atoms with Crippen molar-refractivity contribution in [3.8, 4) is 5.88 Å². The molecule has 0 bridgehead atoms. The molecule has 31 heavy (non-hydrogen) atoms. The molecule has 1 saturated heterocycles. The Morgan fingerprint density at radius 3 is 2.48 bits per heavy atom. The van der Waals surface area contributed by atoms with Crippen molar-refractivity contribution < 1.29 is 17.9 Å². The molecule has 1 atom stereocenters. The summed E-state index contributed by atoms with van der Waals surface area (Å²) >= 11 is 0. The van der Waals surface area contributed by atoms with E-state index in [0.29, 0.717) is 24.9 Å². The van der Waals surface area contributed by atoms with Crippen LogP contribution in [0.5, 0.6) is 5.88 Å². The van der Waals surface area contributed by atoms with Crippen molar-refractivity contribution in [3.05, 3.63) is 59.3 Å². The number of likely N-dealkylation sites (tertiary alicyclic amines) is 1. The number of aliphatic imine (C=N–C) groups is 1. The highest BCUT2D eigenvalue weighted by Crippen LogP contribution is 2.29. The summed E-state index contributed by atoms with van der Waals surface area (Å²) in [7, 11) is 3.30. The molecule has 1 aliphatic heterocycles. The molecule has 10 heteroatoms. The number of nitrogens with zero attached hydrogens (tertiary/aromatic N) is 3. The number of benzene rings is 1. The molecule has 1 unspecified atom stereocenters. The van der Waals surface area contributed by atoms with E-state index in [0.717, 1.165) is 42.8 Å².